The summed E-state index contributed by atoms with van der Waals surface area (Å²) in [4.78, 5) is 24.6. The van der Waals surface area contributed by atoms with E-state index in [0.717, 1.165) is 12.1 Å². The van der Waals surface area contributed by atoms with Gasteiger partial charge in [0.2, 0.25) is 5.91 Å². The summed E-state index contributed by atoms with van der Waals surface area (Å²) in [6.07, 6.45) is 3.68. The molecule has 1 N–H and O–H groups in total. The molecule has 1 atom stereocenters. The summed E-state index contributed by atoms with van der Waals surface area (Å²) >= 11 is 0. The SMILES string of the molecule is CC(C)[C@H](Cn1nc(-c2ccc(F)c(F)c2)ccc1=O)NC(=O)CCn1cccn1. The lowest BCUT2D eigenvalue weighted by atomic mass is 10.0. The van der Waals surface area contributed by atoms with Gasteiger partial charge in [0.15, 0.2) is 11.6 Å². The second-order valence-electron chi connectivity index (χ2n) is 7.30. The van der Waals surface area contributed by atoms with Gasteiger partial charge in [0.05, 0.1) is 18.3 Å². The maximum absolute atomic E-state index is 13.6. The zero-order valence-electron chi connectivity index (χ0n) is 16.8. The van der Waals surface area contributed by atoms with Crippen LogP contribution in [0.5, 0.6) is 0 Å². The van der Waals surface area contributed by atoms with Crippen LogP contribution in [0.4, 0.5) is 8.78 Å². The van der Waals surface area contributed by atoms with Crippen molar-refractivity contribution >= 4 is 5.91 Å². The number of aryl methyl sites for hydroxylation is 1. The Morgan fingerprint density at radius 2 is 1.97 bits per heavy atom. The fourth-order valence-electron chi connectivity index (χ4n) is 2.93. The lowest BCUT2D eigenvalue weighted by Gasteiger charge is -2.23. The van der Waals surface area contributed by atoms with Gasteiger partial charge >= 0.3 is 0 Å². The average Bonchev–Trinajstić information content (AvgIpc) is 3.23. The van der Waals surface area contributed by atoms with E-state index < -0.39 is 11.6 Å². The molecule has 2 aromatic heterocycles. The van der Waals surface area contributed by atoms with Crippen molar-refractivity contribution in [3.8, 4) is 11.3 Å². The van der Waals surface area contributed by atoms with Crippen molar-refractivity contribution in [2.45, 2.75) is 39.4 Å². The molecular formula is C21H23F2N5O2. The summed E-state index contributed by atoms with van der Waals surface area (Å²) in [5, 5.41) is 11.3. The molecule has 30 heavy (non-hydrogen) atoms. The molecule has 9 heteroatoms. The number of amides is 1. The lowest BCUT2D eigenvalue weighted by Crippen LogP contribution is -2.44. The summed E-state index contributed by atoms with van der Waals surface area (Å²) in [5.41, 5.74) is 0.339. The number of hydrogen-bond donors (Lipinski definition) is 1. The maximum Gasteiger partial charge on any atom is 0.266 e. The maximum atomic E-state index is 13.6. The molecule has 0 saturated carbocycles. The zero-order chi connectivity index (χ0) is 21.7. The van der Waals surface area contributed by atoms with Crippen LogP contribution in [0.1, 0.15) is 20.3 Å². The summed E-state index contributed by atoms with van der Waals surface area (Å²) in [5.74, 6) is -2.06. The molecule has 1 aromatic carbocycles. The van der Waals surface area contributed by atoms with E-state index in [1.807, 2.05) is 13.8 Å². The monoisotopic (exact) mass is 415 g/mol. The highest BCUT2D eigenvalue weighted by Gasteiger charge is 2.18. The Morgan fingerprint density at radius 1 is 1.17 bits per heavy atom. The van der Waals surface area contributed by atoms with E-state index in [9.17, 15) is 18.4 Å². The molecular weight excluding hydrogens is 392 g/mol. The third-order valence-corrected chi connectivity index (χ3v) is 4.73. The van der Waals surface area contributed by atoms with E-state index in [-0.39, 0.29) is 36.4 Å². The first-order valence-electron chi connectivity index (χ1n) is 9.64. The summed E-state index contributed by atoms with van der Waals surface area (Å²) in [6.45, 7) is 4.47. The van der Waals surface area contributed by atoms with Gasteiger partial charge in [-0.15, -0.1) is 0 Å². The van der Waals surface area contributed by atoms with Crippen molar-refractivity contribution in [3.63, 3.8) is 0 Å². The number of rotatable bonds is 8. The number of nitrogens with one attached hydrogen (secondary N) is 1. The molecule has 3 rings (SSSR count). The Morgan fingerprint density at radius 3 is 2.63 bits per heavy atom. The van der Waals surface area contributed by atoms with Gasteiger partial charge in [0.25, 0.3) is 5.56 Å². The number of hydrogen-bond acceptors (Lipinski definition) is 4. The minimum absolute atomic E-state index is 0.0410. The van der Waals surface area contributed by atoms with E-state index in [0.29, 0.717) is 17.8 Å². The number of aromatic nitrogens is 4. The zero-order valence-corrected chi connectivity index (χ0v) is 16.8. The summed E-state index contributed by atoms with van der Waals surface area (Å²) < 4.78 is 29.6. The first-order valence-corrected chi connectivity index (χ1v) is 9.64. The van der Waals surface area contributed by atoms with Crippen LogP contribution in [-0.2, 0) is 17.9 Å². The Labute approximate surface area is 172 Å². The van der Waals surface area contributed by atoms with Crippen LogP contribution in [-0.4, -0.2) is 31.5 Å². The predicted octanol–water partition coefficient (Wildman–Crippen LogP) is 2.62. The largest absolute Gasteiger partial charge is 0.351 e. The molecule has 3 aromatic rings. The second-order valence-corrected chi connectivity index (χ2v) is 7.30. The van der Waals surface area contributed by atoms with Crippen molar-refractivity contribution in [2.24, 2.45) is 5.92 Å². The Bertz CT molecular complexity index is 1060. The third kappa shape index (κ3) is 5.37. The molecule has 0 unspecified atom stereocenters. The van der Waals surface area contributed by atoms with E-state index in [2.05, 4.69) is 15.5 Å². The fourth-order valence-corrected chi connectivity index (χ4v) is 2.93. The van der Waals surface area contributed by atoms with Gasteiger partial charge in [0.1, 0.15) is 0 Å². The van der Waals surface area contributed by atoms with E-state index in [4.69, 9.17) is 0 Å². The molecule has 0 aliphatic heterocycles. The highest BCUT2D eigenvalue weighted by molar-refractivity contribution is 5.76. The van der Waals surface area contributed by atoms with Crippen LogP contribution in [0, 0.1) is 17.6 Å². The predicted molar refractivity (Wildman–Crippen MR) is 107 cm³/mol. The molecule has 0 aliphatic carbocycles. The van der Waals surface area contributed by atoms with Gasteiger partial charge in [-0.2, -0.15) is 10.2 Å². The van der Waals surface area contributed by atoms with Crippen LogP contribution in [0.25, 0.3) is 11.3 Å². The van der Waals surface area contributed by atoms with Crippen molar-refractivity contribution in [1.29, 1.82) is 0 Å². The van der Waals surface area contributed by atoms with Gasteiger partial charge in [-0.1, -0.05) is 13.8 Å². The summed E-state index contributed by atoms with van der Waals surface area (Å²) in [6, 6.07) is 7.67. The molecule has 0 aliphatic rings. The van der Waals surface area contributed by atoms with Crippen molar-refractivity contribution in [1.82, 2.24) is 24.9 Å². The minimum Gasteiger partial charge on any atom is -0.351 e. The molecule has 0 radical (unpaired) electrons. The van der Waals surface area contributed by atoms with E-state index >= 15 is 0 Å². The number of carbonyl (C=O) groups excluding carboxylic acids is 1. The Hall–Kier alpha value is -3.36. The summed E-state index contributed by atoms with van der Waals surface area (Å²) in [7, 11) is 0. The topological polar surface area (TPSA) is 81.8 Å². The third-order valence-electron chi connectivity index (χ3n) is 4.73. The molecule has 0 fully saturated rings. The second kappa shape index (κ2) is 9.43. The van der Waals surface area contributed by atoms with Crippen molar-refractivity contribution in [2.75, 3.05) is 0 Å². The Balaban J connectivity index is 1.73. The number of halogens is 2. The molecule has 0 saturated heterocycles. The van der Waals surface area contributed by atoms with E-state index in [1.165, 1.54) is 22.9 Å². The van der Waals surface area contributed by atoms with Crippen LogP contribution < -0.4 is 10.9 Å². The average molecular weight is 415 g/mol. The van der Waals surface area contributed by atoms with Crippen LogP contribution >= 0.6 is 0 Å². The fraction of sp³-hybridized carbons (Fsp3) is 0.333. The van der Waals surface area contributed by atoms with Gasteiger partial charge in [-0.05, 0) is 36.2 Å². The van der Waals surface area contributed by atoms with Crippen LogP contribution in [0.3, 0.4) is 0 Å². The van der Waals surface area contributed by atoms with Gasteiger partial charge in [-0.25, -0.2) is 13.5 Å². The standard InChI is InChI=1S/C21H23F2N5O2/c1-14(2)19(25-20(29)8-11-27-10-3-9-24-27)13-28-21(30)7-6-18(26-28)15-4-5-16(22)17(23)12-15/h3-7,9-10,12,14,19H,8,11,13H2,1-2H3,(H,25,29)/t19-/m0/s1. The molecule has 0 spiro atoms. The number of carbonyl (C=O) groups is 1. The lowest BCUT2D eigenvalue weighted by molar-refractivity contribution is -0.122. The van der Waals surface area contributed by atoms with Crippen molar-refractivity contribution < 1.29 is 13.6 Å². The number of nitrogens with zero attached hydrogens (tertiary/aromatic N) is 4. The van der Waals surface area contributed by atoms with Gasteiger partial charge in [-0.3, -0.25) is 14.3 Å². The van der Waals surface area contributed by atoms with Gasteiger partial charge in [0, 0.05) is 37.0 Å². The highest BCUT2D eigenvalue weighted by Crippen LogP contribution is 2.18. The molecule has 0 bridgehead atoms. The van der Waals surface area contributed by atoms with Crippen LogP contribution in [0.15, 0.2) is 53.6 Å². The van der Waals surface area contributed by atoms with E-state index in [1.54, 1.807) is 23.1 Å². The smallest absolute Gasteiger partial charge is 0.266 e. The highest BCUT2D eigenvalue weighted by atomic mass is 19.2. The molecule has 158 valence electrons. The first kappa shape index (κ1) is 21.4. The molecule has 1 amide bonds. The normalized spacial score (nSPS) is 12.2. The molecule has 7 nitrogen and oxygen atoms in total. The van der Waals surface area contributed by atoms with Crippen molar-refractivity contribution in [3.05, 3.63) is 70.8 Å². The number of benzene rings is 1. The Kier molecular flexibility index (Phi) is 6.71. The first-order chi connectivity index (χ1) is 14.3. The quantitative estimate of drug-likeness (QED) is 0.613. The van der Waals surface area contributed by atoms with Gasteiger partial charge < -0.3 is 5.32 Å². The van der Waals surface area contributed by atoms with Crippen LogP contribution in [0.2, 0.25) is 0 Å². The molecule has 2 heterocycles. The minimum atomic E-state index is -0.989.